The Labute approximate surface area is 143 Å². The van der Waals surface area contributed by atoms with E-state index in [0.717, 1.165) is 14.2 Å². The topological polar surface area (TPSA) is 68.0 Å². The lowest BCUT2D eigenvalue weighted by Gasteiger charge is -2.01. The lowest BCUT2D eigenvalue weighted by atomic mass is 10.3. The van der Waals surface area contributed by atoms with Crippen LogP contribution >= 0.6 is 38.6 Å². The third kappa shape index (κ3) is 4.02. The molecule has 0 aliphatic carbocycles. The molecule has 0 fully saturated rings. The van der Waals surface area contributed by atoms with Crippen LogP contribution in [0.1, 0.15) is 17.2 Å². The molecule has 114 valence electrons. The number of carbonyl (C=O) groups is 1. The summed E-state index contributed by atoms with van der Waals surface area (Å²) in [6, 6.07) is 5.88. The van der Waals surface area contributed by atoms with E-state index in [1.165, 1.54) is 0 Å². The fourth-order valence-electron chi connectivity index (χ4n) is 1.80. The predicted octanol–water partition coefficient (Wildman–Crippen LogP) is 3.87. The number of hydrogen-bond donors (Lipinski definition) is 1. The number of nitrogens with one attached hydrogen (secondary N) is 1. The largest absolute Gasteiger partial charge is 0.421 e. The number of carbonyl (C=O) groups excluding carboxylic acids is 1. The SMILES string of the molecule is O=C(CCc1nnc(-c2ccsc2)o1)NCc1ccc(Br)s1. The standard InChI is InChI=1S/C14H12BrN3O2S2/c15-11-2-1-10(22-11)7-16-12(19)3-4-13-17-18-14(20-13)9-5-6-21-8-9/h1-2,5-6,8H,3-4,7H2,(H,16,19). The van der Waals surface area contributed by atoms with E-state index in [-0.39, 0.29) is 5.91 Å². The van der Waals surface area contributed by atoms with Crippen molar-refractivity contribution in [1.82, 2.24) is 15.5 Å². The van der Waals surface area contributed by atoms with Gasteiger partial charge >= 0.3 is 0 Å². The van der Waals surface area contributed by atoms with Crippen molar-refractivity contribution in [3.63, 3.8) is 0 Å². The van der Waals surface area contributed by atoms with Crippen LogP contribution in [0.4, 0.5) is 0 Å². The molecule has 0 radical (unpaired) electrons. The molecule has 1 amide bonds. The minimum Gasteiger partial charge on any atom is -0.421 e. The van der Waals surface area contributed by atoms with Gasteiger partial charge in [0.15, 0.2) is 0 Å². The zero-order chi connectivity index (χ0) is 15.4. The molecule has 0 saturated heterocycles. The number of halogens is 1. The first kappa shape index (κ1) is 15.4. The summed E-state index contributed by atoms with van der Waals surface area (Å²) < 4.78 is 6.60. The Bertz CT molecular complexity index is 752. The van der Waals surface area contributed by atoms with Gasteiger partial charge in [-0.05, 0) is 39.5 Å². The van der Waals surface area contributed by atoms with Gasteiger partial charge in [0.1, 0.15) is 0 Å². The summed E-state index contributed by atoms with van der Waals surface area (Å²) in [4.78, 5) is 12.9. The van der Waals surface area contributed by atoms with Crippen molar-refractivity contribution in [3.8, 4) is 11.5 Å². The second-order valence-electron chi connectivity index (χ2n) is 4.50. The van der Waals surface area contributed by atoms with Crippen molar-refractivity contribution in [2.75, 3.05) is 0 Å². The Kier molecular flexibility index (Phi) is 5.01. The summed E-state index contributed by atoms with van der Waals surface area (Å²) >= 11 is 6.58. The lowest BCUT2D eigenvalue weighted by Crippen LogP contribution is -2.22. The van der Waals surface area contributed by atoms with E-state index < -0.39 is 0 Å². The van der Waals surface area contributed by atoms with Crippen molar-refractivity contribution in [2.24, 2.45) is 0 Å². The summed E-state index contributed by atoms with van der Waals surface area (Å²) in [7, 11) is 0. The number of amides is 1. The second-order valence-corrected chi connectivity index (χ2v) is 7.82. The van der Waals surface area contributed by atoms with Gasteiger partial charge in [-0.25, -0.2) is 0 Å². The molecule has 0 aromatic carbocycles. The van der Waals surface area contributed by atoms with Crippen LogP contribution in [-0.2, 0) is 17.8 Å². The Morgan fingerprint density at radius 2 is 2.23 bits per heavy atom. The molecule has 0 spiro atoms. The molecule has 0 unspecified atom stereocenters. The average Bonchev–Trinajstić information content (AvgIpc) is 3.23. The van der Waals surface area contributed by atoms with Gasteiger partial charge < -0.3 is 9.73 Å². The molecule has 5 nitrogen and oxygen atoms in total. The highest BCUT2D eigenvalue weighted by molar-refractivity contribution is 9.11. The van der Waals surface area contributed by atoms with E-state index in [4.69, 9.17) is 4.42 Å². The van der Waals surface area contributed by atoms with Crippen LogP contribution in [0.3, 0.4) is 0 Å². The highest BCUT2D eigenvalue weighted by Crippen LogP contribution is 2.22. The molecule has 0 aliphatic rings. The molecule has 3 aromatic heterocycles. The third-order valence-electron chi connectivity index (χ3n) is 2.89. The maximum Gasteiger partial charge on any atom is 0.248 e. The van der Waals surface area contributed by atoms with Gasteiger partial charge in [0, 0.05) is 28.7 Å². The van der Waals surface area contributed by atoms with Crippen LogP contribution in [0.15, 0.2) is 37.2 Å². The lowest BCUT2D eigenvalue weighted by molar-refractivity contribution is -0.121. The van der Waals surface area contributed by atoms with Crippen LogP contribution in [0, 0.1) is 0 Å². The summed E-state index contributed by atoms with van der Waals surface area (Å²) in [5, 5.41) is 14.7. The predicted molar refractivity (Wildman–Crippen MR) is 89.8 cm³/mol. The number of aromatic nitrogens is 2. The molecule has 0 bridgehead atoms. The molecule has 1 N–H and O–H groups in total. The molecule has 3 heterocycles. The third-order valence-corrected chi connectivity index (χ3v) is 5.20. The van der Waals surface area contributed by atoms with Crippen molar-refractivity contribution in [3.05, 3.63) is 43.5 Å². The Morgan fingerprint density at radius 3 is 2.95 bits per heavy atom. The van der Waals surface area contributed by atoms with Crippen LogP contribution in [0.25, 0.3) is 11.5 Å². The van der Waals surface area contributed by atoms with Crippen LogP contribution in [0.2, 0.25) is 0 Å². The Hall–Kier alpha value is -1.51. The zero-order valence-corrected chi connectivity index (χ0v) is 14.6. The number of nitrogens with zero attached hydrogens (tertiary/aromatic N) is 2. The van der Waals surface area contributed by atoms with Gasteiger partial charge in [-0.1, -0.05) is 0 Å². The van der Waals surface area contributed by atoms with E-state index in [0.29, 0.717) is 31.2 Å². The van der Waals surface area contributed by atoms with E-state index in [2.05, 4.69) is 31.4 Å². The number of thiophene rings is 2. The van der Waals surface area contributed by atoms with Crippen LogP contribution in [0.5, 0.6) is 0 Å². The van der Waals surface area contributed by atoms with Crippen LogP contribution < -0.4 is 5.32 Å². The maximum absolute atomic E-state index is 11.8. The van der Waals surface area contributed by atoms with E-state index in [1.54, 1.807) is 22.7 Å². The normalized spacial score (nSPS) is 10.8. The Balaban J connectivity index is 1.47. The molecule has 0 atom stereocenters. The summed E-state index contributed by atoms with van der Waals surface area (Å²) in [6.45, 7) is 0.541. The monoisotopic (exact) mass is 397 g/mol. The van der Waals surface area contributed by atoms with Gasteiger partial charge in [0.05, 0.1) is 10.3 Å². The van der Waals surface area contributed by atoms with E-state index in [1.807, 2.05) is 29.0 Å². The molecule has 0 saturated carbocycles. The first-order valence-corrected chi connectivity index (χ1v) is 9.12. The summed E-state index contributed by atoms with van der Waals surface area (Å²) in [5.41, 5.74) is 0.913. The van der Waals surface area contributed by atoms with Gasteiger partial charge in [-0.2, -0.15) is 11.3 Å². The highest BCUT2D eigenvalue weighted by Gasteiger charge is 2.11. The van der Waals surface area contributed by atoms with Crippen LogP contribution in [-0.4, -0.2) is 16.1 Å². The molecule has 3 rings (SSSR count). The van der Waals surface area contributed by atoms with Crippen molar-refractivity contribution in [1.29, 1.82) is 0 Å². The number of rotatable bonds is 6. The molecule has 8 heteroatoms. The zero-order valence-electron chi connectivity index (χ0n) is 11.4. The quantitative estimate of drug-likeness (QED) is 0.685. The van der Waals surface area contributed by atoms with Crippen molar-refractivity contribution < 1.29 is 9.21 Å². The fraction of sp³-hybridized carbons (Fsp3) is 0.214. The Morgan fingerprint density at radius 1 is 1.32 bits per heavy atom. The minimum atomic E-state index is -0.0280. The first-order chi connectivity index (χ1) is 10.7. The maximum atomic E-state index is 11.8. The molecule has 3 aromatic rings. The van der Waals surface area contributed by atoms with E-state index in [9.17, 15) is 4.79 Å². The highest BCUT2D eigenvalue weighted by atomic mass is 79.9. The van der Waals surface area contributed by atoms with Gasteiger partial charge in [-0.3, -0.25) is 4.79 Å². The van der Waals surface area contributed by atoms with Crippen molar-refractivity contribution in [2.45, 2.75) is 19.4 Å². The number of aryl methyl sites for hydroxylation is 1. The molecule has 0 aliphatic heterocycles. The van der Waals surface area contributed by atoms with Gasteiger partial charge in [-0.15, -0.1) is 21.5 Å². The second kappa shape index (κ2) is 7.17. The van der Waals surface area contributed by atoms with Gasteiger partial charge in [0.25, 0.3) is 0 Å². The average molecular weight is 398 g/mol. The minimum absolute atomic E-state index is 0.0280. The molecule has 22 heavy (non-hydrogen) atoms. The van der Waals surface area contributed by atoms with Crippen molar-refractivity contribution >= 4 is 44.5 Å². The smallest absolute Gasteiger partial charge is 0.248 e. The number of hydrogen-bond acceptors (Lipinski definition) is 6. The first-order valence-electron chi connectivity index (χ1n) is 6.56. The summed E-state index contributed by atoms with van der Waals surface area (Å²) in [5.74, 6) is 0.954. The summed E-state index contributed by atoms with van der Waals surface area (Å²) in [6.07, 6.45) is 0.773. The van der Waals surface area contributed by atoms with E-state index >= 15 is 0 Å². The van der Waals surface area contributed by atoms with Gasteiger partial charge in [0.2, 0.25) is 17.7 Å². The molecular formula is C14H12BrN3O2S2. The molecular weight excluding hydrogens is 386 g/mol. The fourth-order valence-corrected chi connectivity index (χ4v) is 3.85.